The first-order chi connectivity index (χ1) is 10.7. The molecule has 0 fully saturated rings. The number of nitrogens with zero attached hydrogens (tertiary/aromatic N) is 1. The zero-order valence-electron chi connectivity index (χ0n) is 15.2. The lowest BCUT2D eigenvalue weighted by Crippen LogP contribution is -2.34. The number of hydrogen-bond donors (Lipinski definition) is 0. The van der Waals surface area contributed by atoms with E-state index in [1.807, 2.05) is 11.6 Å². The Bertz CT molecular complexity index is 748. The molecule has 0 atom stereocenters. The highest BCUT2D eigenvalue weighted by molar-refractivity contribution is 7.10. The van der Waals surface area contributed by atoms with Gasteiger partial charge in [-0.15, -0.1) is 11.3 Å². The van der Waals surface area contributed by atoms with Gasteiger partial charge in [0.2, 0.25) is 0 Å². The maximum absolute atomic E-state index is 4.39. The molecule has 0 amide bonds. The minimum atomic E-state index is 0.259. The Morgan fingerprint density at radius 2 is 1.70 bits per heavy atom. The van der Waals surface area contributed by atoms with Gasteiger partial charge < -0.3 is 0 Å². The summed E-state index contributed by atoms with van der Waals surface area (Å²) in [5, 5.41) is 3.11. The number of thiazole rings is 1. The van der Waals surface area contributed by atoms with Gasteiger partial charge in [0, 0.05) is 11.6 Å². The highest BCUT2D eigenvalue weighted by atomic mass is 32.1. The van der Waals surface area contributed by atoms with Crippen LogP contribution in [0.5, 0.6) is 0 Å². The van der Waals surface area contributed by atoms with Crippen LogP contribution in [-0.2, 0) is 10.8 Å². The molecule has 1 heterocycles. The summed E-state index contributed by atoms with van der Waals surface area (Å²) in [5.41, 5.74) is 7.65. The molecule has 122 valence electrons. The zero-order chi connectivity index (χ0) is 16.8. The van der Waals surface area contributed by atoms with Crippen molar-refractivity contribution in [1.29, 1.82) is 0 Å². The lowest BCUT2D eigenvalue weighted by atomic mass is 9.62. The molecule has 23 heavy (non-hydrogen) atoms. The molecule has 0 bridgehead atoms. The number of rotatable bonds is 2. The summed E-state index contributed by atoms with van der Waals surface area (Å²) in [6.45, 7) is 14.0. The second-order valence-electron chi connectivity index (χ2n) is 8.18. The van der Waals surface area contributed by atoms with E-state index in [-0.39, 0.29) is 10.8 Å². The van der Waals surface area contributed by atoms with E-state index in [0.29, 0.717) is 0 Å². The van der Waals surface area contributed by atoms with Crippen LogP contribution < -0.4 is 0 Å². The second kappa shape index (κ2) is 5.59. The van der Waals surface area contributed by atoms with Gasteiger partial charge in [0.05, 0.1) is 0 Å². The van der Waals surface area contributed by atoms with Gasteiger partial charge in [0.15, 0.2) is 0 Å². The number of hydrogen-bond acceptors (Lipinski definition) is 2. The highest BCUT2D eigenvalue weighted by Crippen LogP contribution is 2.47. The standard InChI is InChI=1S/C21H27NS/c1-14-11-17-18(21(5,6)8-7-20(17,3)4)13-16(14)15(2)12-19-22-9-10-23-19/h9-13H,7-8H2,1-6H3. The molecule has 0 radical (unpaired) electrons. The normalized spacial score (nSPS) is 19.5. The average Bonchev–Trinajstić information content (AvgIpc) is 2.96. The van der Waals surface area contributed by atoms with Gasteiger partial charge >= 0.3 is 0 Å². The predicted molar refractivity (Wildman–Crippen MR) is 102 cm³/mol. The van der Waals surface area contributed by atoms with Crippen LogP contribution in [-0.4, -0.2) is 4.98 Å². The molecule has 1 nitrogen and oxygen atoms in total. The van der Waals surface area contributed by atoms with Crippen LogP contribution >= 0.6 is 11.3 Å². The molecule has 2 aromatic rings. The van der Waals surface area contributed by atoms with E-state index in [2.05, 4.69) is 64.7 Å². The van der Waals surface area contributed by atoms with Crippen LogP contribution in [0.2, 0.25) is 0 Å². The van der Waals surface area contributed by atoms with Gasteiger partial charge in [-0.05, 0) is 71.4 Å². The van der Waals surface area contributed by atoms with Gasteiger partial charge in [-0.3, -0.25) is 0 Å². The molecule has 1 aromatic carbocycles. The smallest absolute Gasteiger partial charge is 0.116 e. The molecule has 1 aliphatic carbocycles. The Balaban J connectivity index is 2.14. The molecule has 1 aromatic heterocycles. The van der Waals surface area contributed by atoms with E-state index in [1.165, 1.54) is 40.7 Å². The van der Waals surface area contributed by atoms with E-state index >= 15 is 0 Å². The van der Waals surface area contributed by atoms with Crippen LogP contribution in [0.4, 0.5) is 0 Å². The molecule has 0 N–H and O–H groups in total. The molecular weight excluding hydrogens is 298 g/mol. The number of aromatic nitrogens is 1. The fraction of sp³-hybridized carbons (Fsp3) is 0.476. The van der Waals surface area contributed by atoms with Crippen molar-refractivity contribution in [3.05, 3.63) is 51.0 Å². The van der Waals surface area contributed by atoms with Crippen LogP contribution in [0.25, 0.3) is 11.6 Å². The van der Waals surface area contributed by atoms with E-state index in [1.54, 1.807) is 11.3 Å². The first kappa shape index (κ1) is 16.4. The molecular formula is C21H27NS. The van der Waals surface area contributed by atoms with Gasteiger partial charge in [-0.2, -0.15) is 0 Å². The maximum atomic E-state index is 4.39. The van der Waals surface area contributed by atoms with Crippen molar-refractivity contribution in [2.24, 2.45) is 0 Å². The van der Waals surface area contributed by atoms with Crippen LogP contribution in [0.1, 0.15) is 74.7 Å². The summed E-state index contributed by atoms with van der Waals surface area (Å²) in [5.74, 6) is 0. The topological polar surface area (TPSA) is 12.9 Å². The molecule has 0 aliphatic heterocycles. The summed E-state index contributed by atoms with van der Waals surface area (Å²) in [4.78, 5) is 4.39. The third kappa shape index (κ3) is 3.01. The van der Waals surface area contributed by atoms with Crippen LogP contribution in [0.3, 0.4) is 0 Å². The summed E-state index contributed by atoms with van der Waals surface area (Å²) >= 11 is 1.69. The number of aryl methyl sites for hydroxylation is 1. The van der Waals surface area contributed by atoms with Crippen molar-refractivity contribution in [1.82, 2.24) is 4.98 Å². The molecule has 0 saturated carbocycles. The number of allylic oxidation sites excluding steroid dienone is 1. The number of fused-ring (bicyclic) bond motifs is 1. The van der Waals surface area contributed by atoms with Crippen molar-refractivity contribution in [3.8, 4) is 0 Å². The van der Waals surface area contributed by atoms with Crippen molar-refractivity contribution in [3.63, 3.8) is 0 Å². The van der Waals surface area contributed by atoms with Crippen molar-refractivity contribution in [2.75, 3.05) is 0 Å². The molecule has 2 heteroatoms. The first-order valence-corrected chi connectivity index (χ1v) is 9.32. The van der Waals surface area contributed by atoms with Crippen molar-refractivity contribution < 1.29 is 0 Å². The van der Waals surface area contributed by atoms with Gasteiger partial charge in [-0.1, -0.05) is 39.8 Å². The molecule has 0 saturated heterocycles. The third-order valence-electron chi connectivity index (χ3n) is 5.41. The Kier molecular flexibility index (Phi) is 4.00. The monoisotopic (exact) mass is 325 g/mol. The van der Waals surface area contributed by atoms with Gasteiger partial charge in [-0.25, -0.2) is 4.98 Å². The minimum absolute atomic E-state index is 0.259. The molecule has 0 spiro atoms. The van der Waals surface area contributed by atoms with E-state index in [4.69, 9.17) is 0 Å². The Hall–Kier alpha value is -1.41. The van der Waals surface area contributed by atoms with Crippen molar-refractivity contribution in [2.45, 2.75) is 65.2 Å². The van der Waals surface area contributed by atoms with E-state index in [0.717, 1.165) is 5.01 Å². The van der Waals surface area contributed by atoms with Gasteiger partial charge in [0.1, 0.15) is 5.01 Å². The predicted octanol–water partition coefficient (Wildman–Crippen LogP) is 6.36. The zero-order valence-corrected chi connectivity index (χ0v) is 16.0. The maximum Gasteiger partial charge on any atom is 0.116 e. The second-order valence-corrected chi connectivity index (χ2v) is 9.10. The lowest BCUT2D eigenvalue weighted by molar-refractivity contribution is 0.331. The average molecular weight is 326 g/mol. The van der Waals surface area contributed by atoms with Gasteiger partial charge in [0.25, 0.3) is 0 Å². The number of benzene rings is 1. The SMILES string of the molecule is CC(=Cc1nccs1)c1cc2c(cc1C)C(C)(C)CCC2(C)C. The summed E-state index contributed by atoms with van der Waals surface area (Å²) in [6, 6.07) is 4.88. The van der Waals surface area contributed by atoms with E-state index in [9.17, 15) is 0 Å². The first-order valence-electron chi connectivity index (χ1n) is 8.44. The Morgan fingerprint density at radius 1 is 1.09 bits per heavy atom. The molecule has 0 unspecified atom stereocenters. The van der Waals surface area contributed by atoms with Crippen LogP contribution in [0.15, 0.2) is 23.7 Å². The summed E-state index contributed by atoms with van der Waals surface area (Å²) in [7, 11) is 0. The summed E-state index contributed by atoms with van der Waals surface area (Å²) in [6.07, 6.45) is 6.60. The van der Waals surface area contributed by atoms with Crippen LogP contribution in [0, 0.1) is 6.92 Å². The fourth-order valence-corrected chi connectivity index (χ4v) is 4.34. The quantitative estimate of drug-likeness (QED) is 0.626. The third-order valence-corrected chi connectivity index (χ3v) is 6.14. The molecule has 3 rings (SSSR count). The Morgan fingerprint density at radius 3 is 2.26 bits per heavy atom. The highest BCUT2D eigenvalue weighted by Gasteiger charge is 2.37. The molecule has 1 aliphatic rings. The fourth-order valence-electron chi connectivity index (χ4n) is 3.72. The van der Waals surface area contributed by atoms with E-state index < -0.39 is 0 Å². The largest absolute Gasteiger partial charge is 0.245 e. The minimum Gasteiger partial charge on any atom is -0.245 e. The Labute approximate surface area is 144 Å². The van der Waals surface area contributed by atoms with Crippen molar-refractivity contribution >= 4 is 23.0 Å². The lowest BCUT2D eigenvalue weighted by Gasteiger charge is -2.42. The summed E-state index contributed by atoms with van der Waals surface area (Å²) < 4.78 is 0.